The molecule has 4 rings (SSSR count). The van der Waals surface area contributed by atoms with Crippen molar-refractivity contribution in [2.24, 2.45) is 0 Å². The second kappa shape index (κ2) is 6.84. The number of hydrogen-bond acceptors (Lipinski definition) is 3. The van der Waals surface area contributed by atoms with Gasteiger partial charge in [-0.05, 0) is 69.6 Å². The number of nitrogens with zero attached hydrogens (tertiary/aromatic N) is 5. The van der Waals surface area contributed by atoms with E-state index in [-0.39, 0.29) is 0 Å². The zero-order valence-corrected chi connectivity index (χ0v) is 15.0. The maximum Gasteiger partial charge on any atom is 0.140 e. The quantitative estimate of drug-likeness (QED) is 0.716. The van der Waals surface area contributed by atoms with E-state index in [0.29, 0.717) is 6.04 Å². The second-order valence-corrected chi connectivity index (χ2v) is 6.96. The van der Waals surface area contributed by atoms with E-state index in [1.807, 2.05) is 23.1 Å². The topological polar surface area (TPSA) is 38.9 Å². The van der Waals surface area contributed by atoms with Crippen molar-refractivity contribution in [3.05, 3.63) is 54.6 Å². The van der Waals surface area contributed by atoms with E-state index < -0.39 is 0 Å². The third-order valence-corrected chi connectivity index (χ3v) is 5.31. The number of aromatic nitrogens is 4. The molecule has 1 aromatic carbocycles. The molecule has 0 aliphatic carbocycles. The van der Waals surface area contributed by atoms with Gasteiger partial charge in [-0.3, -0.25) is 0 Å². The lowest BCUT2D eigenvalue weighted by atomic mass is 10.1. The summed E-state index contributed by atoms with van der Waals surface area (Å²) >= 11 is 0. The minimum atomic E-state index is 0.707. The van der Waals surface area contributed by atoms with E-state index in [4.69, 9.17) is 0 Å². The highest BCUT2D eigenvalue weighted by Crippen LogP contribution is 2.25. The van der Waals surface area contributed by atoms with Crippen LogP contribution in [0.25, 0.3) is 17.1 Å². The Morgan fingerprint density at radius 3 is 2.84 bits per heavy atom. The largest absolute Gasteiger partial charge is 0.331 e. The van der Waals surface area contributed by atoms with Gasteiger partial charge in [-0.25, -0.2) is 9.67 Å². The number of hydrogen-bond donors (Lipinski definition) is 0. The molecule has 130 valence electrons. The molecular weight excluding hydrogens is 310 g/mol. The van der Waals surface area contributed by atoms with Crippen LogP contribution in [0.5, 0.6) is 0 Å². The van der Waals surface area contributed by atoms with Crippen molar-refractivity contribution >= 4 is 0 Å². The maximum absolute atomic E-state index is 4.63. The summed E-state index contributed by atoms with van der Waals surface area (Å²) in [5, 5.41) is 4.31. The molecule has 1 fully saturated rings. The van der Waals surface area contributed by atoms with Gasteiger partial charge in [-0.15, -0.1) is 0 Å². The molecule has 0 N–H and O–H groups in total. The fourth-order valence-electron chi connectivity index (χ4n) is 3.83. The lowest BCUT2D eigenvalue weighted by molar-refractivity contribution is 0.286. The highest BCUT2D eigenvalue weighted by molar-refractivity contribution is 5.62. The molecule has 3 heterocycles. The molecule has 1 saturated heterocycles. The van der Waals surface area contributed by atoms with Crippen LogP contribution < -0.4 is 0 Å². The van der Waals surface area contributed by atoms with Gasteiger partial charge >= 0.3 is 0 Å². The van der Waals surface area contributed by atoms with E-state index in [2.05, 4.69) is 57.9 Å². The van der Waals surface area contributed by atoms with Crippen LogP contribution in [0, 0.1) is 6.92 Å². The first-order valence-electron chi connectivity index (χ1n) is 9.05. The predicted octanol–water partition coefficient (Wildman–Crippen LogP) is 3.53. The fourth-order valence-corrected chi connectivity index (χ4v) is 3.83. The smallest absolute Gasteiger partial charge is 0.140 e. The molecule has 0 unspecified atom stereocenters. The first-order chi connectivity index (χ1) is 12.2. The van der Waals surface area contributed by atoms with Crippen molar-refractivity contribution in [2.45, 2.75) is 38.8 Å². The molecule has 2 aromatic heterocycles. The van der Waals surface area contributed by atoms with Gasteiger partial charge in [0.1, 0.15) is 5.82 Å². The van der Waals surface area contributed by atoms with Gasteiger partial charge in [0, 0.05) is 42.9 Å². The molecule has 0 saturated carbocycles. The van der Waals surface area contributed by atoms with Crippen molar-refractivity contribution in [1.29, 1.82) is 0 Å². The molecule has 5 heteroatoms. The minimum Gasteiger partial charge on any atom is -0.331 e. The summed E-state index contributed by atoms with van der Waals surface area (Å²) in [6, 6.07) is 9.09. The number of benzene rings is 1. The Morgan fingerprint density at radius 1 is 1.20 bits per heavy atom. The van der Waals surface area contributed by atoms with Crippen molar-refractivity contribution < 1.29 is 0 Å². The van der Waals surface area contributed by atoms with Gasteiger partial charge < -0.3 is 9.47 Å². The third kappa shape index (κ3) is 3.24. The van der Waals surface area contributed by atoms with Crippen molar-refractivity contribution in [1.82, 2.24) is 24.2 Å². The van der Waals surface area contributed by atoms with Crippen molar-refractivity contribution in [2.75, 3.05) is 13.6 Å². The Labute approximate surface area is 148 Å². The van der Waals surface area contributed by atoms with E-state index in [1.165, 1.54) is 36.9 Å². The van der Waals surface area contributed by atoms with Crippen LogP contribution in [0.15, 0.2) is 49.1 Å². The van der Waals surface area contributed by atoms with Gasteiger partial charge in [-0.2, -0.15) is 5.10 Å². The molecule has 0 amide bonds. The van der Waals surface area contributed by atoms with Crippen LogP contribution in [0.1, 0.15) is 24.8 Å². The summed E-state index contributed by atoms with van der Waals surface area (Å²) in [4.78, 5) is 7.12. The van der Waals surface area contributed by atoms with Gasteiger partial charge in [0.05, 0.1) is 5.69 Å². The van der Waals surface area contributed by atoms with Gasteiger partial charge in [0.25, 0.3) is 0 Å². The third-order valence-electron chi connectivity index (χ3n) is 5.31. The summed E-state index contributed by atoms with van der Waals surface area (Å²) in [5.41, 5.74) is 3.50. The van der Waals surface area contributed by atoms with E-state index >= 15 is 0 Å². The molecule has 0 spiro atoms. The predicted molar refractivity (Wildman–Crippen MR) is 99.8 cm³/mol. The summed E-state index contributed by atoms with van der Waals surface area (Å²) < 4.78 is 4.18. The average Bonchev–Trinajstić information content (AvgIpc) is 3.35. The number of likely N-dealkylation sites (tertiary alicyclic amines) is 1. The Morgan fingerprint density at radius 2 is 2.12 bits per heavy atom. The Bertz CT molecular complexity index is 834. The standard InChI is InChI=1S/C20H25N5/c1-16-15-18(25-12-4-9-22-25)6-7-19(16)20-21-10-14-24(20)13-8-17-5-3-11-23(17)2/h4,6-7,9-10,12,14-15,17H,3,5,8,11,13H2,1-2H3/t17-/m1/s1. The Hall–Kier alpha value is -2.40. The highest BCUT2D eigenvalue weighted by atomic mass is 15.3. The SMILES string of the molecule is Cc1cc(-n2cccn2)ccc1-c1nccn1CC[C@H]1CCCN1C. The number of imidazole rings is 1. The molecule has 1 aliphatic heterocycles. The fraction of sp³-hybridized carbons (Fsp3) is 0.400. The Balaban J connectivity index is 1.55. The van der Waals surface area contributed by atoms with Crippen molar-refractivity contribution in [3.8, 4) is 17.1 Å². The summed E-state index contributed by atoms with van der Waals surface area (Å²) in [6.45, 7) is 4.40. The number of aryl methyl sites for hydroxylation is 2. The first kappa shape index (κ1) is 16.1. The number of rotatable bonds is 5. The van der Waals surface area contributed by atoms with Gasteiger partial charge in [-0.1, -0.05) is 0 Å². The highest BCUT2D eigenvalue weighted by Gasteiger charge is 2.21. The normalized spacial score (nSPS) is 18.1. The van der Waals surface area contributed by atoms with Crippen LogP contribution in [-0.2, 0) is 6.54 Å². The molecule has 1 aliphatic rings. The molecular formula is C20H25N5. The molecule has 3 aromatic rings. The second-order valence-electron chi connectivity index (χ2n) is 6.96. The van der Waals surface area contributed by atoms with Crippen LogP contribution in [0.2, 0.25) is 0 Å². The zero-order chi connectivity index (χ0) is 17.2. The lowest BCUT2D eigenvalue weighted by Crippen LogP contribution is -2.26. The van der Waals surface area contributed by atoms with E-state index in [1.54, 1.807) is 6.20 Å². The van der Waals surface area contributed by atoms with E-state index in [0.717, 1.165) is 18.1 Å². The van der Waals surface area contributed by atoms with Crippen LogP contribution in [0.3, 0.4) is 0 Å². The Kier molecular flexibility index (Phi) is 4.40. The molecule has 25 heavy (non-hydrogen) atoms. The lowest BCUT2D eigenvalue weighted by Gasteiger charge is -2.20. The molecule has 5 nitrogen and oxygen atoms in total. The minimum absolute atomic E-state index is 0.707. The van der Waals surface area contributed by atoms with Crippen LogP contribution >= 0.6 is 0 Å². The first-order valence-corrected chi connectivity index (χ1v) is 9.05. The zero-order valence-electron chi connectivity index (χ0n) is 15.0. The summed E-state index contributed by atoms with van der Waals surface area (Å²) in [6.07, 6.45) is 11.6. The van der Waals surface area contributed by atoms with Crippen LogP contribution in [-0.4, -0.2) is 43.9 Å². The summed E-state index contributed by atoms with van der Waals surface area (Å²) in [7, 11) is 2.24. The molecule has 0 radical (unpaired) electrons. The van der Waals surface area contributed by atoms with Gasteiger partial charge in [0.2, 0.25) is 0 Å². The summed E-state index contributed by atoms with van der Waals surface area (Å²) in [5.74, 6) is 1.06. The van der Waals surface area contributed by atoms with Crippen LogP contribution in [0.4, 0.5) is 0 Å². The molecule has 0 bridgehead atoms. The van der Waals surface area contributed by atoms with Crippen molar-refractivity contribution in [3.63, 3.8) is 0 Å². The monoisotopic (exact) mass is 335 g/mol. The average molecular weight is 335 g/mol. The maximum atomic E-state index is 4.63. The molecule has 1 atom stereocenters. The van der Waals surface area contributed by atoms with E-state index in [9.17, 15) is 0 Å². The van der Waals surface area contributed by atoms with Gasteiger partial charge in [0.15, 0.2) is 0 Å².